The Bertz CT molecular complexity index is 1390. The lowest BCUT2D eigenvalue weighted by molar-refractivity contribution is 0.355. The Morgan fingerprint density at radius 1 is 0.727 bits per heavy atom. The molecule has 2 aromatic heterocycles. The topological polar surface area (TPSA) is 68.3 Å². The van der Waals surface area contributed by atoms with E-state index in [-0.39, 0.29) is 0 Å². The van der Waals surface area contributed by atoms with Crippen LogP contribution in [0.15, 0.2) is 84.5 Å². The van der Waals surface area contributed by atoms with Crippen LogP contribution in [0.1, 0.15) is 0 Å². The molecular formula is C26H22N4O2S. The number of rotatable bonds is 7. The number of anilines is 4. The lowest BCUT2D eigenvalue weighted by Gasteiger charge is -2.12. The van der Waals surface area contributed by atoms with Crippen molar-refractivity contribution in [2.24, 2.45) is 0 Å². The van der Waals surface area contributed by atoms with Crippen molar-refractivity contribution < 1.29 is 9.47 Å². The van der Waals surface area contributed by atoms with Crippen molar-refractivity contribution >= 4 is 44.4 Å². The number of nitrogens with one attached hydrogen (secondary N) is 2. The van der Waals surface area contributed by atoms with E-state index < -0.39 is 0 Å². The average Bonchev–Trinajstić information content (AvgIpc) is 3.31. The van der Waals surface area contributed by atoms with Crippen molar-refractivity contribution in [1.82, 2.24) is 9.97 Å². The molecule has 0 saturated heterocycles. The molecule has 2 N–H and O–H groups in total. The van der Waals surface area contributed by atoms with Gasteiger partial charge < -0.3 is 20.1 Å². The largest absolute Gasteiger partial charge is 0.493 e. The van der Waals surface area contributed by atoms with Gasteiger partial charge in [-0.25, -0.2) is 9.97 Å². The number of ether oxygens (including phenoxy) is 2. The van der Waals surface area contributed by atoms with Gasteiger partial charge in [0, 0.05) is 28.0 Å². The summed E-state index contributed by atoms with van der Waals surface area (Å²) in [4.78, 5) is 9.92. The minimum absolute atomic E-state index is 0.683. The summed E-state index contributed by atoms with van der Waals surface area (Å²) in [7, 11) is 3.27. The van der Waals surface area contributed by atoms with Crippen molar-refractivity contribution in [3.8, 4) is 22.6 Å². The van der Waals surface area contributed by atoms with E-state index in [1.807, 2.05) is 72.8 Å². The minimum Gasteiger partial charge on any atom is -0.493 e. The molecule has 0 aliphatic carbocycles. The Kier molecular flexibility index (Phi) is 5.78. The van der Waals surface area contributed by atoms with Gasteiger partial charge in [0.1, 0.15) is 17.0 Å². The minimum atomic E-state index is 0.683. The molecular weight excluding hydrogens is 432 g/mol. The summed E-state index contributed by atoms with van der Waals surface area (Å²) in [5, 5.41) is 9.92. The third kappa shape index (κ3) is 4.31. The maximum atomic E-state index is 5.49. The molecule has 7 heteroatoms. The van der Waals surface area contributed by atoms with Gasteiger partial charge in [0.2, 0.25) is 0 Å². The Hall–Kier alpha value is -4.10. The van der Waals surface area contributed by atoms with Crippen molar-refractivity contribution in [3.05, 3.63) is 84.5 Å². The van der Waals surface area contributed by atoms with Crippen LogP contribution >= 0.6 is 11.3 Å². The maximum absolute atomic E-state index is 5.49. The van der Waals surface area contributed by atoms with Crippen LogP contribution in [0.25, 0.3) is 21.3 Å². The van der Waals surface area contributed by atoms with Crippen molar-refractivity contribution in [2.75, 3.05) is 24.9 Å². The summed E-state index contributed by atoms with van der Waals surface area (Å²) in [6.45, 7) is 0. The van der Waals surface area contributed by atoms with Crippen LogP contribution in [0, 0.1) is 0 Å². The SMILES string of the molecule is COc1ccc(-c2csc3ncnc(Nc4ccc(Nc5ccccc5)cc4)c23)cc1OC. The van der Waals surface area contributed by atoms with Crippen LogP contribution in [0.3, 0.4) is 0 Å². The molecule has 0 bridgehead atoms. The van der Waals surface area contributed by atoms with Crippen molar-refractivity contribution in [1.29, 1.82) is 0 Å². The fourth-order valence-corrected chi connectivity index (χ4v) is 4.56. The quantitative estimate of drug-likeness (QED) is 0.280. The van der Waals surface area contributed by atoms with Crippen LogP contribution in [0.5, 0.6) is 11.5 Å². The smallest absolute Gasteiger partial charge is 0.161 e. The molecule has 0 unspecified atom stereocenters. The molecule has 6 nitrogen and oxygen atoms in total. The summed E-state index contributed by atoms with van der Waals surface area (Å²) >= 11 is 1.59. The van der Waals surface area contributed by atoms with Crippen molar-refractivity contribution in [2.45, 2.75) is 0 Å². The van der Waals surface area contributed by atoms with Crippen LogP contribution in [-0.4, -0.2) is 24.2 Å². The molecule has 5 aromatic rings. The summed E-state index contributed by atoms with van der Waals surface area (Å²) < 4.78 is 10.9. The summed E-state index contributed by atoms with van der Waals surface area (Å²) in [5.41, 5.74) is 5.06. The van der Waals surface area contributed by atoms with Gasteiger partial charge in [-0.3, -0.25) is 0 Å². The molecule has 33 heavy (non-hydrogen) atoms. The number of hydrogen-bond acceptors (Lipinski definition) is 7. The first-order chi connectivity index (χ1) is 16.2. The van der Waals surface area contributed by atoms with E-state index >= 15 is 0 Å². The molecule has 0 aliphatic heterocycles. The first-order valence-electron chi connectivity index (χ1n) is 10.4. The number of nitrogens with zero attached hydrogens (tertiary/aromatic N) is 2. The fourth-order valence-electron chi connectivity index (χ4n) is 3.65. The van der Waals surface area contributed by atoms with Gasteiger partial charge in [-0.2, -0.15) is 0 Å². The maximum Gasteiger partial charge on any atom is 0.161 e. The summed E-state index contributed by atoms with van der Waals surface area (Å²) in [5.74, 6) is 2.14. The average molecular weight is 455 g/mol. The molecule has 0 saturated carbocycles. The normalized spacial score (nSPS) is 10.7. The molecule has 5 rings (SSSR count). The van der Waals surface area contributed by atoms with E-state index in [0.29, 0.717) is 11.5 Å². The second kappa shape index (κ2) is 9.18. The summed E-state index contributed by atoms with van der Waals surface area (Å²) in [6, 6.07) is 24.1. The van der Waals surface area contributed by atoms with Crippen LogP contribution in [-0.2, 0) is 0 Å². The Balaban J connectivity index is 1.45. The lowest BCUT2D eigenvalue weighted by Crippen LogP contribution is -1.96. The molecule has 0 atom stereocenters. The van der Waals surface area contributed by atoms with Gasteiger partial charge in [0.25, 0.3) is 0 Å². The zero-order valence-electron chi connectivity index (χ0n) is 18.2. The molecule has 0 radical (unpaired) electrons. The second-order valence-electron chi connectivity index (χ2n) is 7.31. The highest BCUT2D eigenvalue weighted by Gasteiger charge is 2.15. The number of thiophene rings is 1. The molecule has 0 fully saturated rings. The first-order valence-corrected chi connectivity index (χ1v) is 11.3. The highest BCUT2D eigenvalue weighted by atomic mass is 32.1. The van der Waals surface area contributed by atoms with E-state index in [1.54, 1.807) is 31.9 Å². The van der Waals surface area contributed by atoms with Crippen LogP contribution in [0.2, 0.25) is 0 Å². The van der Waals surface area contributed by atoms with Crippen LogP contribution < -0.4 is 20.1 Å². The molecule has 0 amide bonds. The number of methoxy groups -OCH3 is 2. The van der Waals surface area contributed by atoms with Crippen LogP contribution in [0.4, 0.5) is 22.9 Å². The molecule has 0 spiro atoms. The van der Waals surface area contributed by atoms with E-state index in [2.05, 4.69) is 26.0 Å². The highest BCUT2D eigenvalue weighted by Crippen LogP contribution is 2.40. The molecule has 0 aliphatic rings. The van der Waals surface area contributed by atoms with E-state index in [1.165, 1.54) is 0 Å². The zero-order valence-corrected chi connectivity index (χ0v) is 19.0. The highest BCUT2D eigenvalue weighted by molar-refractivity contribution is 7.17. The number of hydrogen-bond donors (Lipinski definition) is 2. The Labute approximate surface area is 195 Å². The molecule has 2 heterocycles. The second-order valence-corrected chi connectivity index (χ2v) is 8.17. The third-order valence-corrected chi connectivity index (χ3v) is 6.16. The first kappa shape index (κ1) is 20.8. The lowest BCUT2D eigenvalue weighted by atomic mass is 10.1. The van der Waals surface area contributed by atoms with Gasteiger partial charge in [-0.15, -0.1) is 11.3 Å². The van der Waals surface area contributed by atoms with E-state index in [0.717, 1.165) is 44.2 Å². The van der Waals surface area contributed by atoms with Crippen molar-refractivity contribution in [3.63, 3.8) is 0 Å². The number of fused-ring (bicyclic) bond motifs is 1. The fraction of sp³-hybridized carbons (Fsp3) is 0.0769. The number of para-hydroxylation sites is 1. The monoisotopic (exact) mass is 454 g/mol. The summed E-state index contributed by atoms with van der Waals surface area (Å²) in [6.07, 6.45) is 1.59. The Morgan fingerprint density at radius 2 is 1.42 bits per heavy atom. The van der Waals surface area contributed by atoms with E-state index in [9.17, 15) is 0 Å². The zero-order chi connectivity index (χ0) is 22.6. The predicted molar refractivity (Wildman–Crippen MR) is 135 cm³/mol. The molecule has 164 valence electrons. The van der Waals surface area contributed by atoms with Gasteiger partial charge in [-0.05, 0) is 54.1 Å². The van der Waals surface area contributed by atoms with Gasteiger partial charge in [0.05, 0.1) is 19.6 Å². The molecule has 3 aromatic carbocycles. The Morgan fingerprint density at radius 3 is 2.15 bits per heavy atom. The number of benzene rings is 3. The van der Waals surface area contributed by atoms with Gasteiger partial charge in [0.15, 0.2) is 11.5 Å². The third-order valence-electron chi connectivity index (χ3n) is 5.27. The van der Waals surface area contributed by atoms with Gasteiger partial charge in [-0.1, -0.05) is 24.3 Å². The van der Waals surface area contributed by atoms with Gasteiger partial charge >= 0.3 is 0 Å². The predicted octanol–water partition coefficient (Wildman–Crippen LogP) is 6.86. The number of aromatic nitrogens is 2. The standard InChI is InChI=1S/C26H22N4O2S/c1-31-22-13-8-17(14-23(22)32-2)21-15-33-26-24(21)25(27-16-28-26)30-20-11-9-19(10-12-20)29-18-6-4-3-5-7-18/h3-16,29H,1-2H3,(H,27,28,30). The van der Waals surface area contributed by atoms with E-state index in [4.69, 9.17) is 9.47 Å².